The third-order valence-electron chi connectivity index (χ3n) is 3.95. The lowest BCUT2D eigenvalue weighted by atomic mass is 10.1. The van der Waals surface area contributed by atoms with E-state index in [4.69, 9.17) is 16.0 Å². The van der Waals surface area contributed by atoms with Gasteiger partial charge in [-0.05, 0) is 43.0 Å². The predicted octanol–water partition coefficient (Wildman–Crippen LogP) is 3.67. The fourth-order valence-electron chi connectivity index (χ4n) is 2.87. The summed E-state index contributed by atoms with van der Waals surface area (Å²) in [5.74, 6) is 1.15. The summed E-state index contributed by atoms with van der Waals surface area (Å²) in [4.78, 5) is 13.0. The van der Waals surface area contributed by atoms with Crippen molar-refractivity contribution in [3.8, 4) is 11.5 Å². The molecule has 6 heteroatoms. The highest BCUT2D eigenvalue weighted by atomic mass is 35.5. The van der Waals surface area contributed by atoms with E-state index in [-0.39, 0.29) is 0 Å². The largest absolute Gasteiger partial charge is 0.444 e. The maximum Gasteiger partial charge on any atom is 0.229 e. The van der Waals surface area contributed by atoms with Gasteiger partial charge in [-0.3, -0.25) is 0 Å². The third kappa shape index (κ3) is 2.92. The molecule has 116 valence electrons. The molecule has 2 heterocycles. The van der Waals surface area contributed by atoms with Crippen LogP contribution in [0.1, 0.15) is 16.8 Å². The second-order valence-electron chi connectivity index (χ2n) is 5.75. The number of fused-ring (bicyclic) bond motifs is 1. The third-order valence-corrected chi connectivity index (χ3v) is 4.19. The molecule has 2 aromatic heterocycles. The minimum Gasteiger partial charge on any atom is -0.444 e. The summed E-state index contributed by atoms with van der Waals surface area (Å²) in [6.45, 7) is 1.88. The zero-order valence-corrected chi connectivity index (χ0v) is 13.3. The van der Waals surface area contributed by atoms with Gasteiger partial charge < -0.3 is 9.73 Å². The molecule has 1 N–H and O–H groups in total. The summed E-state index contributed by atoms with van der Waals surface area (Å²) in [5, 5.41) is 4.16. The number of benzene rings is 1. The van der Waals surface area contributed by atoms with E-state index in [0.29, 0.717) is 17.9 Å². The molecular formula is C17H15ClN4O. The quantitative estimate of drug-likeness (QED) is 0.795. The molecule has 1 aromatic carbocycles. The van der Waals surface area contributed by atoms with Gasteiger partial charge in [0.05, 0.1) is 11.3 Å². The van der Waals surface area contributed by atoms with Crippen LogP contribution in [0, 0.1) is 6.92 Å². The highest BCUT2D eigenvalue weighted by Gasteiger charge is 2.22. The smallest absolute Gasteiger partial charge is 0.229 e. The first kappa shape index (κ1) is 14.2. The van der Waals surface area contributed by atoms with Crippen molar-refractivity contribution in [3.63, 3.8) is 0 Å². The van der Waals surface area contributed by atoms with Crippen molar-refractivity contribution in [3.05, 3.63) is 58.7 Å². The van der Waals surface area contributed by atoms with Crippen LogP contribution in [0.4, 0.5) is 5.95 Å². The van der Waals surface area contributed by atoms with E-state index in [0.717, 1.165) is 29.1 Å². The molecule has 0 spiro atoms. The van der Waals surface area contributed by atoms with Crippen molar-refractivity contribution in [2.24, 2.45) is 0 Å². The van der Waals surface area contributed by atoms with Crippen LogP contribution in [0.25, 0.3) is 11.5 Å². The molecule has 1 atom stereocenters. The Hall–Kier alpha value is -2.40. The Morgan fingerprint density at radius 3 is 2.70 bits per heavy atom. The van der Waals surface area contributed by atoms with Gasteiger partial charge in [0.1, 0.15) is 6.26 Å². The number of aryl methyl sites for hydroxylation is 1. The van der Waals surface area contributed by atoms with E-state index < -0.39 is 0 Å². The molecule has 1 aliphatic rings. The van der Waals surface area contributed by atoms with Crippen molar-refractivity contribution in [1.29, 1.82) is 0 Å². The van der Waals surface area contributed by atoms with Crippen LogP contribution in [0.5, 0.6) is 0 Å². The van der Waals surface area contributed by atoms with Gasteiger partial charge in [-0.2, -0.15) is 0 Å². The second kappa shape index (κ2) is 5.66. The van der Waals surface area contributed by atoms with E-state index in [9.17, 15) is 0 Å². The molecular weight excluding hydrogens is 312 g/mol. The van der Waals surface area contributed by atoms with Crippen LogP contribution in [0.15, 0.2) is 41.3 Å². The average Bonchev–Trinajstić information content (AvgIpc) is 3.13. The lowest BCUT2D eigenvalue weighted by Gasteiger charge is -2.11. The summed E-state index contributed by atoms with van der Waals surface area (Å²) in [5.41, 5.74) is 4.23. The molecule has 23 heavy (non-hydrogen) atoms. The van der Waals surface area contributed by atoms with Gasteiger partial charge in [-0.1, -0.05) is 17.7 Å². The van der Waals surface area contributed by atoms with E-state index in [1.54, 1.807) is 18.7 Å². The molecule has 5 nitrogen and oxygen atoms in total. The van der Waals surface area contributed by atoms with Gasteiger partial charge in [-0.25, -0.2) is 15.0 Å². The Labute approximate surface area is 138 Å². The van der Waals surface area contributed by atoms with Crippen LogP contribution in [0.2, 0.25) is 5.02 Å². The van der Waals surface area contributed by atoms with Crippen molar-refractivity contribution < 1.29 is 4.42 Å². The van der Waals surface area contributed by atoms with Crippen molar-refractivity contribution >= 4 is 17.5 Å². The van der Waals surface area contributed by atoms with Gasteiger partial charge >= 0.3 is 0 Å². The molecule has 0 saturated heterocycles. The zero-order chi connectivity index (χ0) is 15.8. The van der Waals surface area contributed by atoms with E-state index in [2.05, 4.69) is 26.3 Å². The first-order valence-electron chi connectivity index (χ1n) is 7.46. The molecule has 0 bridgehead atoms. The van der Waals surface area contributed by atoms with Gasteiger partial charge in [0.25, 0.3) is 0 Å². The number of nitrogens with one attached hydrogen (secondary N) is 1. The number of aromatic nitrogens is 3. The summed E-state index contributed by atoms with van der Waals surface area (Å²) >= 11 is 6.05. The van der Waals surface area contributed by atoms with Crippen molar-refractivity contribution in [1.82, 2.24) is 15.0 Å². The number of hydrogen-bond donors (Lipinski definition) is 1. The fraction of sp³-hybridized carbons (Fsp3) is 0.235. The molecule has 0 saturated carbocycles. The maximum atomic E-state index is 6.05. The van der Waals surface area contributed by atoms with E-state index in [1.165, 1.54) is 11.1 Å². The topological polar surface area (TPSA) is 63.8 Å². The Kier molecular flexibility index (Phi) is 3.50. The van der Waals surface area contributed by atoms with E-state index >= 15 is 0 Å². The minimum atomic E-state index is 0.290. The Balaban J connectivity index is 1.46. The number of halogens is 1. The molecule has 0 amide bonds. The summed E-state index contributed by atoms with van der Waals surface area (Å²) in [6.07, 6.45) is 6.94. The first-order valence-corrected chi connectivity index (χ1v) is 7.83. The summed E-state index contributed by atoms with van der Waals surface area (Å²) < 4.78 is 5.35. The fourth-order valence-corrected chi connectivity index (χ4v) is 3.07. The van der Waals surface area contributed by atoms with Crippen molar-refractivity contribution in [2.45, 2.75) is 25.8 Å². The van der Waals surface area contributed by atoms with Crippen LogP contribution in [0.3, 0.4) is 0 Å². The summed E-state index contributed by atoms with van der Waals surface area (Å²) in [6, 6.07) is 6.35. The molecule has 0 radical (unpaired) electrons. The first-order chi connectivity index (χ1) is 11.2. The van der Waals surface area contributed by atoms with Crippen molar-refractivity contribution in [2.75, 3.05) is 5.32 Å². The molecule has 4 rings (SSSR count). The molecule has 0 aliphatic heterocycles. The van der Waals surface area contributed by atoms with Gasteiger partial charge in [0, 0.05) is 23.5 Å². The minimum absolute atomic E-state index is 0.290. The van der Waals surface area contributed by atoms with Crippen LogP contribution in [-0.4, -0.2) is 21.0 Å². The Morgan fingerprint density at radius 1 is 1.17 bits per heavy atom. The number of anilines is 1. The monoisotopic (exact) mass is 326 g/mol. The van der Waals surface area contributed by atoms with Crippen LogP contribution in [-0.2, 0) is 12.8 Å². The van der Waals surface area contributed by atoms with Gasteiger partial charge in [0.2, 0.25) is 11.8 Å². The number of hydrogen-bond acceptors (Lipinski definition) is 5. The SMILES string of the molecule is Cc1coc(-c2cnc(NC3Cc4ccc(Cl)cc4C3)nc2)n1. The lowest BCUT2D eigenvalue weighted by Crippen LogP contribution is -2.20. The highest BCUT2D eigenvalue weighted by molar-refractivity contribution is 6.30. The standard InChI is InChI=1S/C17H15ClN4O/c1-10-9-23-16(21-10)13-7-19-17(20-8-13)22-15-5-11-2-3-14(18)4-12(11)6-15/h2-4,7-9,15H,5-6H2,1H3,(H,19,20,22). The molecule has 0 fully saturated rings. The number of oxazole rings is 1. The van der Waals surface area contributed by atoms with Gasteiger partial charge in [-0.15, -0.1) is 0 Å². The number of rotatable bonds is 3. The van der Waals surface area contributed by atoms with Crippen LogP contribution >= 0.6 is 11.6 Å². The summed E-state index contributed by atoms with van der Waals surface area (Å²) in [7, 11) is 0. The molecule has 1 aliphatic carbocycles. The maximum absolute atomic E-state index is 6.05. The Morgan fingerprint density at radius 2 is 1.96 bits per heavy atom. The zero-order valence-electron chi connectivity index (χ0n) is 12.6. The number of nitrogens with zero attached hydrogens (tertiary/aromatic N) is 3. The normalized spacial score (nSPS) is 16.3. The lowest BCUT2D eigenvalue weighted by molar-refractivity contribution is 0.573. The molecule has 1 unspecified atom stereocenters. The van der Waals surface area contributed by atoms with Gasteiger partial charge in [0.15, 0.2) is 0 Å². The van der Waals surface area contributed by atoms with E-state index in [1.807, 2.05) is 19.1 Å². The second-order valence-corrected chi connectivity index (χ2v) is 6.19. The highest BCUT2D eigenvalue weighted by Crippen LogP contribution is 2.27. The average molecular weight is 327 g/mol. The Bertz CT molecular complexity index is 844. The predicted molar refractivity (Wildman–Crippen MR) is 88.5 cm³/mol. The molecule has 3 aromatic rings. The van der Waals surface area contributed by atoms with Crippen LogP contribution < -0.4 is 5.32 Å².